The van der Waals surface area contributed by atoms with Crippen LogP contribution >= 0.6 is 0 Å². The fourth-order valence-electron chi connectivity index (χ4n) is 0.666. The van der Waals surface area contributed by atoms with E-state index < -0.39 is 17.9 Å². The van der Waals surface area contributed by atoms with Crippen molar-refractivity contribution >= 4 is 17.9 Å². The molecule has 0 saturated heterocycles. The van der Waals surface area contributed by atoms with Crippen LogP contribution in [0.4, 0.5) is 0 Å². The number of hydrogen-bond acceptors (Lipinski definition) is 4. The smallest absolute Gasteiger partial charge is 0.401 e. The van der Waals surface area contributed by atoms with E-state index >= 15 is 0 Å². The summed E-state index contributed by atoms with van der Waals surface area (Å²) in [5, 5.41) is 25.6. The number of aliphatic carboxylic acids is 2. The summed E-state index contributed by atoms with van der Waals surface area (Å²) in [4.78, 5) is 31.7. The number of carboxylic acid groups (broad SMARTS) is 3. The number of hydrogen-bond donors (Lipinski definition) is 2. The van der Waals surface area contributed by atoms with Gasteiger partial charge in [-0.25, -0.2) is 14.6 Å². The Kier molecular flexibility index (Phi) is 6.37. The van der Waals surface area contributed by atoms with Crippen LogP contribution < -0.4 is 10.1 Å². The van der Waals surface area contributed by atoms with Crippen LogP contribution in [0.5, 0.6) is 0 Å². The van der Waals surface area contributed by atoms with Crippen molar-refractivity contribution in [3.05, 3.63) is 42.2 Å². The molecule has 0 bridgehead atoms. The second-order valence-electron chi connectivity index (χ2n) is 2.57. The van der Waals surface area contributed by atoms with Crippen molar-refractivity contribution in [2.75, 3.05) is 0 Å². The van der Waals surface area contributed by atoms with Gasteiger partial charge in [0.15, 0.2) is 6.20 Å². The van der Waals surface area contributed by atoms with Crippen molar-refractivity contribution in [1.29, 1.82) is 0 Å². The summed E-state index contributed by atoms with van der Waals surface area (Å²) in [6.07, 6.45) is 2.51. The van der Waals surface area contributed by atoms with Gasteiger partial charge in [-0.2, -0.15) is 0 Å². The molecule has 0 amide bonds. The molecule has 0 atom stereocenters. The van der Waals surface area contributed by atoms with Crippen molar-refractivity contribution in [3.63, 3.8) is 0 Å². The lowest BCUT2D eigenvalue weighted by molar-refractivity contribution is -0.383. The molecule has 1 aromatic rings. The highest BCUT2D eigenvalue weighted by atomic mass is 16.4. The van der Waals surface area contributed by atoms with Gasteiger partial charge in [0, 0.05) is 18.2 Å². The Labute approximate surface area is 95.7 Å². The maximum absolute atomic E-state index is 10.2. The van der Waals surface area contributed by atoms with Gasteiger partial charge < -0.3 is 20.1 Å². The Morgan fingerprint density at radius 1 is 1.18 bits per heavy atom. The van der Waals surface area contributed by atoms with Gasteiger partial charge in [0.05, 0.1) is 5.97 Å². The number of nitrogens with one attached hydrogen (secondary N) is 1. The highest BCUT2D eigenvalue weighted by molar-refractivity contribution is 5.88. The molecule has 3 N–H and O–H groups in total. The first-order chi connectivity index (χ1) is 7.93. The Hall–Kier alpha value is -2.70. The fourth-order valence-corrected chi connectivity index (χ4v) is 0.666. The van der Waals surface area contributed by atoms with Gasteiger partial charge in [-0.3, -0.25) is 0 Å². The summed E-state index contributed by atoms with van der Waals surface area (Å²) in [5.74, 6) is -3.74. The molecule has 0 radical (unpaired) electrons. The Morgan fingerprint density at radius 2 is 1.82 bits per heavy atom. The minimum Gasteiger partial charge on any atom is -0.545 e. The van der Waals surface area contributed by atoms with Crippen LogP contribution in [-0.4, -0.2) is 28.1 Å². The van der Waals surface area contributed by atoms with Gasteiger partial charge >= 0.3 is 11.9 Å². The average molecular weight is 239 g/mol. The van der Waals surface area contributed by atoms with Gasteiger partial charge in [-0.1, -0.05) is 0 Å². The molecule has 7 nitrogen and oxygen atoms in total. The molecule has 0 aliphatic rings. The molecule has 0 fully saturated rings. The molecule has 1 aromatic heterocycles. The maximum Gasteiger partial charge on any atom is 0.401 e. The normalized spacial score (nSPS) is 9.18. The number of carboxylic acids is 3. The summed E-state index contributed by atoms with van der Waals surface area (Å²) >= 11 is 0. The Balaban J connectivity index is 0.000000304. The van der Waals surface area contributed by atoms with Crippen molar-refractivity contribution in [2.24, 2.45) is 0 Å². The molecule has 0 aromatic carbocycles. The van der Waals surface area contributed by atoms with E-state index in [9.17, 15) is 19.5 Å². The molecular formula is C10H9NO6. The summed E-state index contributed by atoms with van der Waals surface area (Å²) in [7, 11) is 0. The lowest BCUT2D eigenvalue weighted by Crippen LogP contribution is -2.19. The summed E-state index contributed by atoms with van der Waals surface area (Å²) in [6, 6.07) is 4.90. The predicted octanol–water partition coefficient (Wildman–Crippen LogP) is -1.42. The van der Waals surface area contributed by atoms with E-state index in [1.54, 1.807) is 18.3 Å². The predicted molar refractivity (Wildman–Crippen MR) is 51.7 cm³/mol. The molecule has 0 aliphatic heterocycles. The zero-order valence-electron chi connectivity index (χ0n) is 8.49. The lowest BCUT2D eigenvalue weighted by Gasteiger charge is -1.85. The number of aromatic amines is 1. The van der Waals surface area contributed by atoms with Crippen molar-refractivity contribution in [2.45, 2.75) is 0 Å². The Bertz CT molecular complexity index is 410. The number of carbonyl (C=O) groups excluding carboxylic acids is 1. The minimum absolute atomic E-state index is 0.206. The van der Waals surface area contributed by atoms with Crippen molar-refractivity contribution in [3.8, 4) is 0 Å². The SMILES string of the molecule is O=C(O)c1cccc[nH+]1.O=C([O-])/C=C\C(=O)O. The first kappa shape index (κ1) is 14.3. The fraction of sp³-hybridized carbons (Fsp3) is 0. The quantitative estimate of drug-likeness (QED) is 0.622. The minimum atomic E-state index is -1.51. The number of aromatic nitrogens is 1. The molecule has 1 heterocycles. The number of rotatable bonds is 3. The third-order valence-corrected chi connectivity index (χ3v) is 1.30. The average Bonchev–Trinajstić information content (AvgIpc) is 2.28. The summed E-state index contributed by atoms with van der Waals surface area (Å²) in [6.45, 7) is 0. The molecule has 0 spiro atoms. The van der Waals surface area contributed by atoms with Gasteiger partial charge in [-0.05, 0) is 12.1 Å². The number of aromatic carboxylic acids is 1. The van der Waals surface area contributed by atoms with Crippen LogP contribution in [0.25, 0.3) is 0 Å². The van der Waals surface area contributed by atoms with E-state index in [-0.39, 0.29) is 5.69 Å². The molecule has 0 saturated carbocycles. The van der Waals surface area contributed by atoms with E-state index in [0.717, 1.165) is 0 Å². The molecule has 0 aliphatic carbocycles. The largest absolute Gasteiger partial charge is 0.545 e. The number of pyridine rings is 1. The zero-order valence-corrected chi connectivity index (χ0v) is 8.49. The molecule has 90 valence electrons. The topological polar surface area (TPSA) is 129 Å². The third kappa shape index (κ3) is 8.30. The highest BCUT2D eigenvalue weighted by Crippen LogP contribution is 1.85. The Morgan fingerprint density at radius 3 is 2.06 bits per heavy atom. The number of H-pyrrole nitrogens is 1. The third-order valence-electron chi connectivity index (χ3n) is 1.30. The van der Waals surface area contributed by atoms with Crippen LogP contribution in [0.3, 0.4) is 0 Å². The van der Waals surface area contributed by atoms with E-state index in [4.69, 9.17) is 10.2 Å². The molecular weight excluding hydrogens is 230 g/mol. The van der Waals surface area contributed by atoms with E-state index in [1.165, 1.54) is 6.07 Å². The van der Waals surface area contributed by atoms with Crippen molar-refractivity contribution < 1.29 is 34.7 Å². The van der Waals surface area contributed by atoms with E-state index in [1.807, 2.05) is 0 Å². The monoisotopic (exact) mass is 239 g/mol. The zero-order chi connectivity index (χ0) is 13.3. The van der Waals surface area contributed by atoms with Gasteiger partial charge in [0.1, 0.15) is 0 Å². The molecule has 0 unspecified atom stereocenters. The summed E-state index contributed by atoms with van der Waals surface area (Å²) in [5.41, 5.74) is 0.206. The van der Waals surface area contributed by atoms with Crippen LogP contribution in [0.1, 0.15) is 10.5 Å². The lowest BCUT2D eigenvalue weighted by atomic mass is 10.4. The second kappa shape index (κ2) is 7.57. The maximum atomic E-state index is 10.2. The van der Waals surface area contributed by atoms with Gasteiger partial charge in [-0.15, -0.1) is 0 Å². The van der Waals surface area contributed by atoms with Gasteiger partial charge in [0.2, 0.25) is 0 Å². The van der Waals surface area contributed by atoms with Crippen molar-refractivity contribution in [1.82, 2.24) is 0 Å². The van der Waals surface area contributed by atoms with E-state index in [0.29, 0.717) is 12.2 Å². The molecule has 1 rings (SSSR count). The summed E-state index contributed by atoms with van der Waals surface area (Å²) < 4.78 is 0. The molecule has 17 heavy (non-hydrogen) atoms. The first-order valence-corrected chi connectivity index (χ1v) is 4.25. The van der Waals surface area contributed by atoms with E-state index in [2.05, 4.69) is 4.98 Å². The van der Waals surface area contributed by atoms with Crippen LogP contribution in [0.2, 0.25) is 0 Å². The van der Waals surface area contributed by atoms with Crippen LogP contribution in [0, 0.1) is 0 Å². The second-order valence-corrected chi connectivity index (χ2v) is 2.57. The van der Waals surface area contributed by atoms with Crippen LogP contribution in [-0.2, 0) is 9.59 Å². The van der Waals surface area contributed by atoms with Gasteiger partial charge in [0.25, 0.3) is 5.69 Å². The standard InChI is InChI=1S/C6H5NO2.C4H4O4/c8-6(9)5-3-1-2-4-7-5;5-3(6)1-2-4(7)8/h1-4H,(H,8,9);1-2H,(H,5,6)(H,7,8)/b;2-1-. The first-order valence-electron chi connectivity index (χ1n) is 4.25. The van der Waals surface area contributed by atoms with Crippen LogP contribution in [0.15, 0.2) is 36.5 Å². The molecule has 7 heteroatoms. The highest BCUT2D eigenvalue weighted by Gasteiger charge is 2.06. The number of carbonyl (C=O) groups is 3.